The molecule has 0 amide bonds. The molecule has 1 unspecified atom stereocenters. The molecular weight excluding hydrogens is 457 g/mol. The van der Waals surface area contributed by atoms with Crippen LogP contribution in [-0.2, 0) is 19.5 Å². The van der Waals surface area contributed by atoms with Gasteiger partial charge >= 0.3 is 7.60 Å². The summed E-state index contributed by atoms with van der Waals surface area (Å²) in [5, 5.41) is 0. The number of rotatable bonds is 10. The van der Waals surface area contributed by atoms with Crippen molar-refractivity contribution in [3.8, 4) is 0 Å². The Hall–Kier alpha value is -2.56. The first kappa shape index (κ1) is 25.5. The average molecular weight is 492 g/mol. The Bertz CT molecular complexity index is 1100. The Kier molecular flexibility index (Phi) is 8.35. The Balaban J connectivity index is 1.79. The Morgan fingerprint density at radius 2 is 1.40 bits per heavy atom. The van der Waals surface area contributed by atoms with Crippen molar-refractivity contribution in [2.24, 2.45) is 0 Å². The highest BCUT2D eigenvalue weighted by Crippen LogP contribution is 2.45. The Morgan fingerprint density at radius 3 is 1.91 bits per heavy atom. The third-order valence-corrected chi connectivity index (χ3v) is 8.07. The minimum Gasteiger partial charge on any atom is -0.323 e. The summed E-state index contributed by atoms with van der Waals surface area (Å²) in [5.41, 5.74) is 5.86. The summed E-state index contributed by atoms with van der Waals surface area (Å²) in [7, 11) is -4.22. The highest BCUT2D eigenvalue weighted by molar-refractivity contribution is 7.53. The number of carbonyl (C=O) groups excluding carboxylic acids is 1. The van der Waals surface area contributed by atoms with E-state index in [0.29, 0.717) is 5.92 Å². The van der Waals surface area contributed by atoms with E-state index >= 15 is 0 Å². The van der Waals surface area contributed by atoms with Gasteiger partial charge in [0.2, 0.25) is 0 Å². The number of hydroxylamine groups is 1. The van der Waals surface area contributed by atoms with Crippen LogP contribution in [0.15, 0.2) is 84.9 Å². The smallest absolute Gasteiger partial charge is 0.323 e. The van der Waals surface area contributed by atoms with Crippen molar-refractivity contribution in [1.82, 2.24) is 5.48 Å². The molecule has 184 valence electrons. The average Bonchev–Trinajstić information content (AvgIpc) is 2.91. The lowest BCUT2D eigenvalue weighted by Gasteiger charge is -2.37. The standard InChI is InChI=1S/C29H34NO4P/c1-2-28(31)22-35(32,33)34-30-29(25-14-8-4-9-15-25,26-16-10-5-11-17-26)27-20-18-24(19-21-27)23-12-6-3-7-13-23/h4-5,8-11,14-21,23,30H,2-3,6-7,12-13,22H2,1H3,(H,32,33). The van der Waals surface area contributed by atoms with Crippen LogP contribution in [0, 0.1) is 0 Å². The summed E-state index contributed by atoms with van der Waals surface area (Å²) in [4.78, 5) is 22.4. The number of carbonyl (C=O) groups is 1. The molecule has 0 aromatic heterocycles. The number of ketones is 1. The van der Waals surface area contributed by atoms with Crippen LogP contribution in [0.1, 0.15) is 73.6 Å². The lowest BCUT2D eigenvalue weighted by Crippen LogP contribution is -2.44. The van der Waals surface area contributed by atoms with Crippen molar-refractivity contribution in [3.63, 3.8) is 0 Å². The zero-order chi connectivity index (χ0) is 24.7. The van der Waals surface area contributed by atoms with Gasteiger partial charge in [0.25, 0.3) is 0 Å². The molecular formula is C29H34NO4P. The fourth-order valence-corrected chi connectivity index (χ4v) is 6.01. The van der Waals surface area contributed by atoms with E-state index in [-0.39, 0.29) is 12.2 Å². The monoisotopic (exact) mass is 491 g/mol. The molecule has 1 atom stereocenters. The second kappa shape index (κ2) is 11.5. The molecule has 5 nitrogen and oxygen atoms in total. The molecule has 6 heteroatoms. The topological polar surface area (TPSA) is 75.6 Å². The zero-order valence-electron chi connectivity index (χ0n) is 20.2. The number of hydrogen-bond acceptors (Lipinski definition) is 4. The van der Waals surface area contributed by atoms with Crippen molar-refractivity contribution in [1.29, 1.82) is 0 Å². The van der Waals surface area contributed by atoms with Crippen LogP contribution >= 0.6 is 7.60 Å². The van der Waals surface area contributed by atoms with E-state index in [1.165, 1.54) is 37.7 Å². The van der Waals surface area contributed by atoms with Crippen LogP contribution in [0.3, 0.4) is 0 Å². The van der Waals surface area contributed by atoms with E-state index in [0.717, 1.165) is 16.7 Å². The normalized spacial score (nSPS) is 16.5. The van der Waals surface area contributed by atoms with E-state index in [1.807, 2.05) is 60.7 Å². The van der Waals surface area contributed by atoms with Crippen LogP contribution < -0.4 is 5.48 Å². The molecule has 1 aliphatic rings. The number of benzene rings is 3. The van der Waals surface area contributed by atoms with E-state index in [1.54, 1.807) is 6.92 Å². The van der Waals surface area contributed by atoms with Gasteiger partial charge in [-0.15, -0.1) is 0 Å². The molecule has 3 aromatic rings. The molecule has 0 bridgehead atoms. The summed E-state index contributed by atoms with van der Waals surface area (Å²) >= 11 is 0. The first-order chi connectivity index (χ1) is 16.9. The number of hydrogen-bond donors (Lipinski definition) is 2. The van der Waals surface area contributed by atoms with Gasteiger partial charge in [0.05, 0.1) is 0 Å². The quantitative estimate of drug-likeness (QED) is 0.187. The summed E-state index contributed by atoms with van der Waals surface area (Å²) in [6.45, 7) is 1.67. The predicted molar refractivity (Wildman–Crippen MR) is 139 cm³/mol. The first-order valence-electron chi connectivity index (χ1n) is 12.5. The molecule has 2 N–H and O–H groups in total. The number of Topliss-reactive ketones (excluding diaryl/α,β-unsaturated/α-hetero) is 1. The summed E-state index contributed by atoms with van der Waals surface area (Å²) in [5.74, 6) is 0.252. The highest BCUT2D eigenvalue weighted by atomic mass is 31.2. The summed E-state index contributed by atoms with van der Waals surface area (Å²) < 4.78 is 18.4. The summed E-state index contributed by atoms with van der Waals surface area (Å²) in [6, 6.07) is 28.0. The number of nitrogens with one attached hydrogen (secondary N) is 1. The zero-order valence-corrected chi connectivity index (χ0v) is 21.1. The van der Waals surface area contributed by atoms with Crippen molar-refractivity contribution < 1.29 is 18.9 Å². The molecule has 0 radical (unpaired) electrons. The van der Waals surface area contributed by atoms with E-state index in [2.05, 4.69) is 29.7 Å². The van der Waals surface area contributed by atoms with Gasteiger partial charge in [-0.05, 0) is 41.0 Å². The lowest BCUT2D eigenvalue weighted by molar-refractivity contribution is -0.116. The van der Waals surface area contributed by atoms with Gasteiger partial charge in [0, 0.05) is 6.42 Å². The van der Waals surface area contributed by atoms with Crippen LogP contribution in [-0.4, -0.2) is 16.8 Å². The Labute approximate surface area is 208 Å². The van der Waals surface area contributed by atoms with E-state index in [9.17, 15) is 14.3 Å². The minimum atomic E-state index is -4.22. The molecule has 1 aliphatic carbocycles. The van der Waals surface area contributed by atoms with Gasteiger partial charge in [-0.3, -0.25) is 9.36 Å². The van der Waals surface area contributed by atoms with Gasteiger partial charge in [0.1, 0.15) is 17.5 Å². The molecule has 0 aliphatic heterocycles. The van der Waals surface area contributed by atoms with Crippen LogP contribution in [0.4, 0.5) is 0 Å². The minimum absolute atomic E-state index is 0.180. The lowest BCUT2D eigenvalue weighted by atomic mass is 9.76. The molecule has 0 saturated heterocycles. The van der Waals surface area contributed by atoms with Crippen LogP contribution in [0.5, 0.6) is 0 Å². The van der Waals surface area contributed by atoms with Crippen LogP contribution in [0.25, 0.3) is 0 Å². The second-order valence-electron chi connectivity index (χ2n) is 9.32. The fraction of sp³-hybridized carbons (Fsp3) is 0.345. The van der Waals surface area contributed by atoms with Gasteiger partial charge in [0.15, 0.2) is 0 Å². The predicted octanol–water partition coefficient (Wildman–Crippen LogP) is 6.71. The maximum atomic E-state index is 12.8. The van der Waals surface area contributed by atoms with Gasteiger partial charge in [-0.2, -0.15) is 5.48 Å². The molecule has 0 spiro atoms. The van der Waals surface area contributed by atoms with Crippen molar-refractivity contribution >= 4 is 13.4 Å². The van der Waals surface area contributed by atoms with Gasteiger partial charge in [-0.1, -0.05) is 111 Å². The van der Waals surface area contributed by atoms with Crippen molar-refractivity contribution in [2.75, 3.05) is 6.16 Å². The van der Waals surface area contributed by atoms with Gasteiger partial charge < -0.3 is 4.89 Å². The van der Waals surface area contributed by atoms with Gasteiger partial charge in [-0.25, -0.2) is 4.62 Å². The summed E-state index contributed by atoms with van der Waals surface area (Å²) in [6.07, 6.45) is 5.91. The van der Waals surface area contributed by atoms with Crippen LogP contribution in [0.2, 0.25) is 0 Å². The molecule has 3 aromatic carbocycles. The maximum absolute atomic E-state index is 12.8. The largest absolute Gasteiger partial charge is 0.351 e. The van der Waals surface area contributed by atoms with Crippen molar-refractivity contribution in [3.05, 3.63) is 107 Å². The van der Waals surface area contributed by atoms with E-state index < -0.39 is 19.3 Å². The first-order valence-corrected chi connectivity index (χ1v) is 14.2. The molecule has 35 heavy (non-hydrogen) atoms. The fourth-order valence-electron chi connectivity index (χ4n) is 5.00. The third-order valence-electron chi connectivity index (χ3n) is 6.95. The van der Waals surface area contributed by atoms with E-state index in [4.69, 9.17) is 4.62 Å². The SMILES string of the molecule is CCC(=O)CP(=O)(O)ONC(c1ccccc1)(c1ccccc1)c1ccc(C2CCCCC2)cc1. The third kappa shape index (κ3) is 5.99. The molecule has 0 heterocycles. The van der Waals surface area contributed by atoms with Crippen molar-refractivity contribution in [2.45, 2.75) is 56.9 Å². The Morgan fingerprint density at radius 1 is 0.886 bits per heavy atom. The second-order valence-corrected chi connectivity index (χ2v) is 11.1. The molecule has 4 rings (SSSR count). The molecule has 1 fully saturated rings. The highest BCUT2D eigenvalue weighted by Gasteiger charge is 2.39. The molecule has 1 saturated carbocycles. The maximum Gasteiger partial charge on any atom is 0.351 e.